The maximum atomic E-state index is 11.4. The minimum Gasteiger partial charge on any atom is -0.466 e. The van der Waals surface area contributed by atoms with Crippen LogP contribution in [0.15, 0.2) is 0 Å². The second-order valence-electron chi connectivity index (χ2n) is 5.18. The van der Waals surface area contributed by atoms with Gasteiger partial charge in [0.25, 0.3) is 0 Å². The van der Waals surface area contributed by atoms with E-state index in [2.05, 4.69) is 20.8 Å². The number of rotatable bonds is 12. The number of ether oxygens (including phenoxy) is 2. The molecule has 0 bridgehead atoms. The van der Waals surface area contributed by atoms with Crippen LogP contribution in [0.5, 0.6) is 0 Å². The van der Waals surface area contributed by atoms with Gasteiger partial charge in [0.15, 0.2) is 0 Å². The lowest BCUT2D eigenvalue weighted by Crippen LogP contribution is -2.06. The zero-order valence-electron chi connectivity index (χ0n) is 12.4. The van der Waals surface area contributed by atoms with E-state index in [9.17, 15) is 4.79 Å². The van der Waals surface area contributed by atoms with Crippen LogP contribution in [0, 0.1) is 5.92 Å². The Balaban J connectivity index is 3.17. The largest absolute Gasteiger partial charge is 0.466 e. The van der Waals surface area contributed by atoms with Crippen LogP contribution in [0.3, 0.4) is 0 Å². The van der Waals surface area contributed by atoms with Crippen molar-refractivity contribution >= 4 is 5.97 Å². The van der Waals surface area contributed by atoms with Crippen LogP contribution in [0.2, 0.25) is 0 Å². The number of esters is 1. The molecule has 0 aliphatic heterocycles. The summed E-state index contributed by atoms with van der Waals surface area (Å²) < 4.78 is 10.5. The topological polar surface area (TPSA) is 35.5 Å². The molecule has 0 rings (SSSR count). The summed E-state index contributed by atoms with van der Waals surface area (Å²) in [6, 6.07) is 0. The molecule has 0 unspecified atom stereocenters. The molecule has 3 nitrogen and oxygen atoms in total. The lowest BCUT2D eigenvalue weighted by atomic mass is 10.1. The van der Waals surface area contributed by atoms with E-state index in [4.69, 9.17) is 9.47 Å². The lowest BCUT2D eigenvalue weighted by molar-refractivity contribution is -0.143. The molecule has 0 fully saturated rings. The fraction of sp³-hybridized carbons (Fsp3) is 0.933. The van der Waals surface area contributed by atoms with Crippen molar-refractivity contribution in [3.8, 4) is 0 Å². The van der Waals surface area contributed by atoms with E-state index in [-0.39, 0.29) is 5.97 Å². The van der Waals surface area contributed by atoms with Crippen molar-refractivity contribution in [3.05, 3.63) is 0 Å². The predicted molar refractivity (Wildman–Crippen MR) is 74.6 cm³/mol. The zero-order valence-corrected chi connectivity index (χ0v) is 12.4. The highest BCUT2D eigenvalue weighted by Gasteiger charge is 2.02. The van der Waals surface area contributed by atoms with Crippen LogP contribution >= 0.6 is 0 Å². The molecule has 0 spiro atoms. The van der Waals surface area contributed by atoms with Gasteiger partial charge in [0.2, 0.25) is 0 Å². The van der Waals surface area contributed by atoms with Gasteiger partial charge < -0.3 is 9.47 Å². The summed E-state index contributed by atoms with van der Waals surface area (Å²) in [5, 5.41) is 0. The molecular weight excluding hydrogens is 228 g/mol. The fourth-order valence-electron chi connectivity index (χ4n) is 1.63. The molecule has 0 aliphatic carbocycles. The van der Waals surface area contributed by atoms with Crippen LogP contribution in [0.1, 0.15) is 65.7 Å². The molecule has 0 atom stereocenters. The number of hydrogen-bond donors (Lipinski definition) is 0. The molecule has 0 radical (unpaired) electrons. The minimum atomic E-state index is -0.0601. The van der Waals surface area contributed by atoms with Gasteiger partial charge >= 0.3 is 5.97 Å². The van der Waals surface area contributed by atoms with Crippen molar-refractivity contribution in [1.82, 2.24) is 0 Å². The van der Waals surface area contributed by atoms with E-state index in [0.717, 1.165) is 51.2 Å². The Morgan fingerprint density at radius 1 is 1.00 bits per heavy atom. The Bertz CT molecular complexity index is 190. The van der Waals surface area contributed by atoms with E-state index in [1.165, 1.54) is 6.42 Å². The van der Waals surface area contributed by atoms with E-state index >= 15 is 0 Å². The number of carbonyl (C=O) groups is 1. The van der Waals surface area contributed by atoms with E-state index in [0.29, 0.717) is 13.0 Å². The SMILES string of the molecule is CCCOCCCCC(=O)OCCCCC(C)C. The third-order valence-electron chi connectivity index (χ3n) is 2.71. The first-order chi connectivity index (χ1) is 8.66. The summed E-state index contributed by atoms with van der Waals surface area (Å²) in [4.78, 5) is 11.4. The summed E-state index contributed by atoms with van der Waals surface area (Å²) >= 11 is 0. The number of hydrogen-bond acceptors (Lipinski definition) is 3. The summed E-state index contributed by atoms with van der Waals surface area (Å²) in [5.74, 6) is 0.680. The zero-order chi connectivity index (χ0) is 13.6. The first kappa shape index (κ1) is 17.4. The van der Waals surface area contributed by atoms with Gasteiger partial charge in [-0.05, 0) is 38.0 Å². The van der Waals surface area contributed by atoms with Crippen LogP contribution < -0.4 is 0 Å². The van der Waals surface area contributed by atoms with Crippen LogP contribution in [0.25, 0.3) is 0 Å². The Morgan fingerprint density at radius 2 is 1.72 bits per heavy atom. The van der Waals surface area contributed by atoms with E-state index < -0.39 is 0 Å². The van der Waals surface area contributed by atoms with Crippen LogP contribution in [-0.4, -0.2) is 25.8 Å². The summed E-state index contributed by atoms with van der Waals surface area (Å²) in [6.45, 7) is 8.68. The van der Waals surface area contributed by atoms with Crippen molar-refractivity contribution in [2.45, 2.75) is 65.7 Å². The predicted octanol–water partition coefficient (Wildman–Crippen LogP) is 3.95. The van der Waals surface area contributed by atoms with Crippen LogP contribution in [0.4, 0.5) is 0 Å². The fourth-order valence-corrected chi connectivity index (χ4v) is 1.63. The number of carbonyl (C=O) groups excluding carboxylic acids is 1. The first-order valence-corrected chi connectivity index (χ1v) is 7.40. The molecule has 0 N–H and O–H groups in total. The molecule has 0 aromatic carbocycles. The lowest BCUT2D eigenvalue weighted by Gasteiger charge is -2.06. The second kappa shape index (κ2) is 12.9. The number of unbranched alkanes of at least 4 members (excludes halogenated alkanes) is 2. The third-order valence-corrected chi connectivity index (χ3v) is 2.71. The van der Waals surface area contributed by atoms with Gasteiger partial charge in [-0.3, -0.25) is 4.79 Å². The van der Waals surface area contributed by atoms with Crippen LogP contribution in [-0.2, 0) is 14.3 Å². The summed E-state index contributed by atoms with van der Waals surface area (Å²) in [7, 11) is 0. The highest BCUT2D eigenvalue weighted by molar-refractivity contribution is 5.69. The van der Waals surface area contributed by atoms with Gasteiger partial charge in [-0.25, -0.2) is 0 Å². The molecule has 0 heterocycles. The smallest absolute Gasteiger partial charge is 0.305 e. The molecule has 0 amide bonds. The highest BCUT2D eigenvalue weighted by atomic mass is 16.5. The van der Waals surface area contributed by atoms with Gasteiger partial charge in [0.1, 0.15) is 0 Å². The van der Waals surface area contributed by atoms with Gasteiger partial charge in [-0.15, -0.1) is 0 Å². The maximum Gasteiger partial charge on any atom is 0.305 e. The Hall–Kier alpha value is -0.570. The van der Waals surface area contributed by atoms with Gasteiger partial charge in [0.05, 0.1) is 6.61 Å². The first-order valence-electron chi connectivity index (χ1n) is 7.40. The van der Waals surface area contributed by atoms with Crippen molar-refractivity contribution in [3.63, 3.8) is 0 Å². The van der Waals surface area contributed by atoms with Crippen molar-refractivity contribution in [1.29, 1.82) is 0 Å². The molecule has 0 aliphatic rings. The maximum absolute atomic E-state index is 11.4. The van der Waals surface area contributed by atoms with Crippen molar-refractivity contribution < 1.29 is 14.3 Å². The molecule has 0 aromatic heterocycles. The molecule has 0 saturated heterocycles. The Labute approximate surface area is 112 Å². The standard InChI is InChI=1S/C15H30O3/c1-4-11-17-12-7-6-10-15(16)18-13-8-5-9-14(2)3/h14H,4-13H2,1-3H3. The molecular formula is C15H30O3. The summed E-state index contributed by atoms with van der Waals surface area (Å²) in [5.41, 5.74) is 0. The molecule has 108 valence electrons. The average Bonchev–Trinajstić information content (AvgIpc) is 2.33. The molecule has 18 heavy (non-hydrogen) atoms. The van der Waals surface area contributed by atoms with Gasteiger partial charge in [0, 0.05) is 19.6 Å². The van der Waals surface area contributed by atoms with E-state index in [1.54, 1.807) is 0 Å². The molecule has 0 saturated carbocycles. The Kier molecular flexibility index (Phi) is 12.5. The minimum absolute atomic E-state index is 0.0601. The third kappa shape index (κ3) is 13.5. The monoisotopic (exact) mass is 258 g/mol. The summed E-state index contributed by atoms with van der Waals surface area (Å²) in [6.07, 6.45) is 6.75. The molecule has 0 aromatic rings. The molecule has 3 heteroatoms. The second-order valence-corrected chi connectivity index (χ2v) is 5.18. The van der Waals surface area contributed by atoms with Crippen molar-refractivity contribution in [2.24, 2.45) is 5.92 Å². The van der Waals surface area contributed by atoms with E-state index in [1.807, 2.05) is 0 Å². The Morgan fingerprint density at radius 3 is 2.39 bits per heavy atom. The van der Waals surface area contributed by atoms with Gasteiger partial charge in [-0.2, -0.15) is 0 Å². The van der Waals surface area contributed by atoms with Gasteiger partial charge in [-0.1, -0.05) is 27.2 Å². The normalized spacial score (nSPS) is 10.9. The average molecular weight is 258 g/mol. The van der Waals surface area contributed by atoms with Crippen molar-refractivity contribution in [2.75, 3.05) is 19.8 Å². The quantitative estimate of drug-likeness (QED) is 0.393. The highest BCUT2D eigenvalue weighted by Crippen LogP contribution is 2.06.